The lowest BCUT2D eigenvalue weighted by Gasteiger charge is -2.34. The third-order valence-electron chi connectivity index (χ3n) is 4.35. The van der Waals surface area contributed by atoms with Crippen LogP contribution in [0.5, 0.6) is 0 Å². The predicted molar refractivity (Wildman–Crippen MR) is 97.1 cm³/mol. The maximum absolute atomic E-state index is 12.5. The van der Waals surface area contributed by atoms with E-state index in [0.29, 0.717) is 30.2 Å². The summed E-state index contributed by atoms with van der Waals surface area (Å²) in [5.41, 5.74) is 1.65. The molecule has 1 aromatic heterocycles. The van der Waals surface area contributed by atoms with E-state index in [-0.39, 0.29) is 10.8 Å². The van der Waals surface area contributed by atoms with Gasteiger partial charge in [0.2, 0.25) is 0 Å². The van der Waals surface area contributed by atoms with Gasteiger partial charge < -0.3 is 9.47 Å². The standard InChI is InChI=1S/C17H20ClN3O2S/c1-13-12-24-17(23)21(13)10-7-19-5-8-20(9-6-19)16(22)14-3-2-4-15(18)11-14/h2-4,11-12H,5-10H2,1H3. The molecule has 7 heteroatoms. The first kappa shape index (κ1) is 17.2. The minimum absolute atomic E-state index is 0.0297. The van der Waals surface area contributed by atoms with Crippen molar-refractivity contribution in [3.63, 3.8) is 0 Å². The van der Waals surface area contributed by atoms with Crippen LogP contribution in [0.25, 0.3) is 0 Å². The normalized spacial score (nSPS) is 15.7. The molecule has 1 aromatic carbocycles. The molecule has 128 valence electrons. The molecule has 1 amide bonds. The third-order valence-corrected chi connectivity index (χ3v) is 5.46. The first-order valence-electron chi connectivity index (χ1n) is 7.97. The molecule has 1 fully saturated rings. The minimum Gasteiger partial charge on any atom is -0.336 e. The number of hydrogen-bond donors (Lipinski definition) is 0. The maximum Gasteiger partial charge on any atom is 0.307 e. The molecule has 0 spiro atoms. The van der Waals surface area contributed by atoms with Gasteiger partial charge in [-0.1, -0.05) is 29.0 Å². The highest BCUT2D eigenvalue weighted by molar-refractivity contribution is 7.07. The average molecular weight is 366 g/mol. The number of aryl methyl sites for hydroxylation is 1. The number of nitrogens with zero attached hydrogens (tertiary/aromatic N) is 3. The van der Waals surface area contributed by atoms with Gasteiger partial charge in [0.1, 0.15) is 0 Å². The predicted octanol–water partition coefficient (Wildman–Crippen LogP) is 2.33. The second-order valence-electron chi connectivity index (χ2n) is 5.94. The number of hydrogen-bond acceptors (Lipinski definition) is 4. The molecule has 1 saturated heterocycles. The number of piperazine rings is 1. The summed E-state index contributed by atoms with van der Waals surface area (Å²) in [5.74, 6) is 0.0297. The van der Waals surface area contributed by atoms with Crippen LogP contribution in [-0.4, -0.2) is 53.0 Å². The molecule has 0 atom stereocenters. The topological polar surface area (TPSA) is 45.6 Å². The fraction of sp³-hybridized carbons (Fsp3) is 0.412. The van der Waals surface area contributed by atoms with E-state index >= 15 is 0 Å². The Morgan fingerprint density at radius 2 is 1.96 bits per heavy atom. The lowest BCUT2D eigenvalue weighted by atomic mass is 10.2. The van der Waals surface area contributed by atoms with E-state index in [0.717, 1.165) is 25.3 Å². The van der Waals surface area contributed by atoms with Crippen LogP contribution in [0.4, 0.5) is 0 Å². The molecule has 0 bridgehead atoms. The average Bonchev–Trinajstić information content (AvgIpc) is 2.91. The van der Waals surface area contributed by atoms with Crippen molar-refractivity contribution in [2.45, 2.75) is 13.5 Å². The number of carbonyl (C=O) groups is 1. The molecular weight excluding hydrogens is 346 g/mol. The van der Waals surface area contributed by atoms with Gasteiger partial charge in [-0.3, -0.25) is 14.5 Å². The zero-order valence-corrected chi connectivity index (χ0v) is 15.1. The minimum atomic E-state index is 0.0297. The van der Waals surface area contributed by atoms with Gasteiger partial charge in [-0.2, -0.15) is 0 Å². The lowest BCUT2D eigenvalue weighted by Crippen LogP contribution is -2.49. The van der Waals surface area contributed by atoms with Gasteiger partial charge in [0, 0.05) is 60.9 Å². The number of thiazole rings is 1. The molecule has 1 aliphatic rings. The number of halogens is 1. The number of benzene rings is 1. The Bertz CT molecular complexity index is 778. The molecule has 0 saturated carbocycles. The second-order valence-corrected chi connectivity index (χ2v) is 7.20. The van der Waals surface area contributed by atoms with Crippen LogP contribution in [0.15, 0.2) is 34.4 Å². The van der Waals surface area contributed by atoms with Gasteiger partial charge in [0.15, 0.2) is 0 Å². The van der Waals surface area contributed by atoms with Gasteiger partial charge >= 0.3 is 4.87 Å². The van der Waals surface area contributed by atoms with E-state index in [1.807, 2.05) is 21.8 Å². The van der Waals surface area contributed by atoms with E-state index in [9.17, 15) is 9.59 Å². The number of amides is 1. The summed E-state index contributed by atoms with van der Waals surface area (Å²) in [6.45, 7) is 6.53. The first-order valence-corrected chi connectivity index (χ1v) is 9.22. The summed E-state index contributed by atoms with van der Waals surface area (Å²) < 4.78 is 1.81. The molecule has 24 heavy (non-hydrogen) atoms. The summed E-state index contributed by atoms with van der Waals surface area (Å²) >= 11 is 7.21. The van der Waals surface area contributed by atoms with E-state index in [1.165, 1.54) is 11.3 Å². The van der Waals surface area contributed by atoms with Gasteiger partial charge in [-0.25, -0.2) is 0 Å². The molecule has 0 unspecified atom stereocenters. The van der Waals surface area contributed by atoms with E-state index in [1.54, 1.807) is 24.3 Å². The van der Waals surface area contributed by atoms with Crippen LogP contribution in [0, 0.1) is 6.92 Å². The fourth-order valence-electron chi connectivity index (χ4n) is 2.89. The Hall–Kier alpha value is -1.63. The Kier molecular flexibility index (Phi) is 5.38. The van der Waals surface area contributed by atoms with Crippen molar-refractivity contribution < 1.29 is 4.79 Å². The van der Waals surface area contributed by atoms with Gasteiger partial charge in [0.05, 0.1) is 0 Å². The summed E-state index contributed by atoms with van der Waals surface area (Å²) in [7, 11) is 0. The van der Waals surface area contributed by atoms with Crippen molar-refractivity contribution in [1.29, 1.82) is 0 Å². The Morgan fingerprint density at radius 3 is 2.58 bits per heavy atom. The molecule has 2 aromatic rings. The molecular formula is C17H20ClN3O2S. The van der Waals surface area contributed by atoms with Crippen LogP contribution >= 0.6 is 22.9 Å². The van der Waals surface area contributed by atoms with Gasteiger partial charge in [-0.15, -0.1) is 0 Å². The van der Waals surface area contributed by atoms with Crippen molar-refractivity contribution in [2.24, 2.45) is 0 Å². The highest BCUT2D eigenvalue weighted by atomic mass is 35.5. The molecule has 1 aliphatic heterocycles. The van der Waals surface area contributed by atoms with Crippen LogP contribution < -0.4 is 4.87 Å². The van der Waals surface area contributed by atoms with Crippen LogP contribution in [0.1, 0.15) is 16.1 Å². The Balaban J connectivity index is 1.52. The van der Waals surface area contributed by atoms with E-state index < -0.39 is 0 Å². The zero-order valence-electron chi connectivity index (χ0n) is 13.6. The summed E-state index contributed by atoms with van der Waals surface area (Å²) in [6, 6.07) is 7.08. The van der Waals surface area contributed by atoms with Crippen LogP contribution in [0.2, 0.25) is 5.02 Å². The summed E-state index contributed by atoms with van der Waals surface area (Å²) in [6.07, 6.45) is 0. The molecule has 3 rings (SSSR count). The smallest absolute Gasteiger partial charge is 0.307 e. The maximum atomic E-state index is 12.5. The highest BCUT2D eigenvalue weighted by Gasteiger charge is 2.22. The second kappa shape index (κ2) is 7.51. The molecule has 2 heterocycles. The van der Waals surface area contributed by atoms with Gasteiger partial charge in [0.25, 0.3) is 5.91 Å². The third kappa shape index (κ3) is 3.88. The van der Waals surface area contributed by atoms with E-state index in [2.05, 4.69) is 4.90 Å². The molecule has 0 N–H and O–H groups in total. The summed E-state index contributed by atoms with van der Waals surface area (Å²) in [4.78, 5) is 28.5. The largest absolute Gasteiger partial charge is 0.336 e. The quantitative estimate of drug-likeness (QED) is 0.835. The van der Waals surface area contributed by atoms with Crippen molar-refractivity contribution in [3.8, 4) is 0 Å². The van der Waals surface area contributed by atoms with Gasteiger partial charge in [-0.05, 0) is 25.1 Å². The summed E-state index contributed by atoms with van der Waals surface area (Å²) in [5, 5.41) is 2.47. The molecule has 0 aliphatic carbocycles. The van der Waals surface area contributed by atoms with Crippen molar-refractivity contribution >= 4 is 28.8 Å². The highest BCUT2D eigenvalue weighted by Crippen LogP contribution is 2.14. The zero-order chi connectivity index (χ0) is 17.1. The lowest BCUT2D eigenvalue weighted by molar-refractivity contribution is 0.0633. The number of carbonyl (C=O) groups excluding carboxylic acids is 1. The number of aromatic nitrogens is 1. The van der Waals surface area contributed by atoms with Crippen molar-refractivity contribution in [2.75, 3.05) is 32.7 Å². The fourth-order valence-corrected chi connectivity index (χ4v) is 3.85. The molecule has 5 nitrogen and oxygen atoms in total. The monoisotopic (exact) mass is 365 g/mol. The number of rotatable bonds is 4. The van der Waals surface area contributed by atoms with Crippen LogP contribution in [-0.2, 0) is 6.54 Å². The van der Waals surface area contributed by atoms with Crippen molar-refractivity contribution in [3.05, 3.63) is 55.6 Å². The molecule has 0 radical (unpaired) electrons. The SMILES string of the molecule is Cc1csc(=O)n1CCN1CCN(C(=O)c2cccc(Cl)c2)CC1. The first-order chi connectivity index (χ1) is 11.5. The Morgan fingerprint density at radius 1 is 1.21 bits per heavy atom. The Labute approximate surface area is 150 Å². The van der Waals surface area contributed by atoms with Crippen LogP contribution in [0.3, 0.4) is 0 Å². The van der Waals surface area contributed by atoms with E-state index in [4.69, 9.17) is 11.6 Å². The van der Waals surface area contributed by atoms with Crippen molar-refractivity contribution in [1.82, 2.24) is 14.4 Å².